The van der Waals surface area contributed by atoms with Gasteiger partial charge in [0.05, 0.1) is 5.69 Å². The summed E-state index contributed by atoms with van der Waals surface area (Å²) in [5.41, 5.74) is 8.84. The molecule has 0 bridgehead atoms. The molecule has 0 aliphatic rings. The van der Waals surface area contributed by atoms with Crippen LogP contribution in [0.2, 0.25) is 0 Å². The van der Waals surface area contributed by atoms with Crippen molar-refractivity contribution < 1.29 is 0 Å². The van der Waals surface area contributed by atoms with E-state index in [1.54, 1.807) is 0 Å². The molecule has 0 aliphatic heterocycles. The minimum atomic E-state index is -0.0513. The monoisotopic (exact) mass is 253 g/mol. The van der Waals surface area contributed by atoms with Gasteiger partial charge in [-0.05, 0) is 41.4 Å². The van der Waals surface area contributed by atoms with E-state index in [9.17, 15) is 0 Å². The highest BCUT2D eigenvalue weighted by atomic mass is 79.9. The molecule has 2 aromatic rings. The molecule has 4 heteroatoms. The van der Waals surface area contributed by atoms with Crippen molar-refractivity contribution in [3.8, 4) is 0 Å². The third-order valence-corrected chi connectivity index (χ3v) is 2.95. The first-order valence-electron chi connectivity index (χ1n) is 4.49. The van der Waals surface area contributed by atoms with Crippen LogP contribution in [-0.2, 0) is 0 Å². The highest BCUT2D eigenvalue weighted by Gasteiger charge is 2.12. The Bertz CT molecular complexity index is 473. The first-order valence-corrected chi connectivity index (χ1v) is 5.28. The topological polar surface area (TPSA) is 43.3 Å². The van der Waals surface area contributed by atoms with E-state index in [0.29, 0.717) is 0 Å². The molecular formula is C10H12BrN3. The maximum absolute atomic E-state index is 5.81. The van der Waals surface area contributed by atoms with Crippen molar-refractivity contribution >= 4 is 21.6 Å². The summed E-state index contributed by atoms with van der Waals surface area (Å²) in [5.74, 6) is 0. The van der Waals surface area contributed by atoms with E-state index < -0.39 is 0 Å². The van der Waals surface area contributed by atoms with Crippen LogP contribution in [0.3, 0.4) is 0 Å². The Kier molecular flexibility index (Phi) is 2.33. The molecule has 3 nitrogen and oxygen atoms in total. The second kappa shape index (κ2) is 3.37. The van der Waals surface area contributed by atoms with E-state index in [-0.39, 0.29) is 6.04 Å². The summed E-state index contributed by atoms with van der Waals surface area (Å²) in [6.45, 7) is 3.98. The number of nitrogens with two attached hydrogens (primary N) is 1. The second-order valence-electron chi connectivity index (χ2n) is 3.51. The minimum Gasteiger partial charge on any atom is -0.323 e. The van der Waals surface area contributed by atoms with Gasteiger partial charge >= 0.3 is 0 Å². The Hall–Kier alpha value is -0.870. The zero-order valence-corrected chi connectivity index (χ0v) is 9.75. The lowest BCUT2D eigenvalue weighted by molar-refractivity contribution is 0.784. The van der Waals surface area contributed by atoms with Crippen LogP contribution < -0.4 is 5.73 Å². The van der Waals surface area contributed by atoms with Gasteiger partial charge in [-0.3, -0.25) is 4.40 Å². The van der Waals surface area contributed by atoms with Crippen LogP contribution in [0.15, 0.2) is 22.9 Å². The highest BCUT2D eigenvalue weighted by molar-refractivity contribution is 9.10. The Balaban J connectivity index is 2.74. The molecule has 1 unspecified atom stereocenters. The quantitative estimate of drug-likeness (QED) is 0.849. The van der Waals surface area contributed by atoms with Crippen molar-refractivity contribution in [2.75, 3.05) is 0 Å². The first-order chi connectivity index (χ1) is 6.59. The molecule has 0 aliphatic carbocycles. The van der Waals surface area contributed by atoms with Crippen molar-refractivity contribution in [1.82, 2.24) is 9.38 Å². The van der Waals surface area contributed by atoms with E-state index in [1.807, 2.05) is 29.7 Å². The zero-order chi connectivity index (χ0) is 10.3. The number of fused-ring (bicyclic) bond motifs is 1. The number of hydrogen-bond acceptors (Lipinski definition) is 2. The number of imidazole rings is 1. The molecule has 0 saturated carbocycles. The van der Waals surface area contributed by atoms with Crippen LogP contribution in [0.4, 0.5) is 0 Å². The fourth-order valence-electron chi connectivity index (χ4n) is 1.43. The molecule has 0 radical (unpaired) electrons. The van der Waals surface area contributed by atoms with E-state index >= 15 is 0 Å². The molecular weight excluding hydrogens is 242 g/mol. The van der Waals surface area contributed by atoms with Gasteiger partial charge < -0.3 is 5.73 Å². The second-order valence-corrected chi connectivity index (χ2v) is 4.26. The van der Waals surface area contributed by atoms with Gasteiger partial charge in [0.2, 0.25) is 0 Å². The number of aryl methyl sites for hydroxylation is 1. The van der Waals surface area contributed by atoms with Crippen LogP contribution in [-0.4, -0.2) is 9.38 Å². The van der Waals surface area contributed by atoms with Crippen LogP contribution in [0, 0.1) is 6.92 Å². The Morgan fingerprint density at radius 3 is 2.86 bits per heavy atom. The normalized spacial score (nSPS) is 13.4. The molecule has 0 fully saturated rings. The number of nitrogens with zero attached hydrogens (tertiary/aromatic N) is 2. The highest BCUT2D eigenvalue weighted by Crippen LogP contribution is 2.23. The number of pyridine rings is 1. The van der Waals surface area contributed by atoms with E-state index in [4.69, 9.17) is 5.73 Å². The molecule has 2 N–H and O–H groups in total. The lowest BCUT2D eigenvalue weighted by Gasteiger charge is -2.00. The average molecular weight is 254 g/mol. The number of halogens is 1. The van der Waals surface area contributed by atoms with Gasteiger partial charge in [0.1, 0.15) is 10.3 Å². The molecule has 0 saturated heterocycles. The van der Waals surface area contributed by atoms with Crippen molar-refractivity contribution in [2.24, 2.45) is 5.73 Å². The molecule has 2 rings (SSSR count). The molecule has 2 aromatic heterocycles. The summed E-state index contributed by atoms with van der Waals surface area (Å²) in [6, 6.07) is 3.98. The van der Waals surface area contributed by atoms with Crippen LogP contribution in [0.25, 0.3) is 5.65 Å². The summed E-state index contributed by atoms with van der Waals surface area (Å²) in [7, 11) is 0. The van der Waals surface area contributed by atoms with Gasteiger partial charge in [0, 0.05) is 12.2 Å². The minimum absolute atomic E-state index is 0.0513. The van der Waals surface area contributed by atoms with Crippen LogP contribution >= 0.6 is 15.9 Å². The van der Waals surface area contributed by atoms with Gasteiger partial charge in [0.25, 0.3) is 0 Å². The maximum Gasteiger partial charge on any atom is 0.138 e. The van der Waals surface area contributed by atoms with Crippen LogP contribution in [0.1, 0.15) is 24.2 Å². The van der Waals surface area contributed by atoms with Gasteiger partial charge in [0.15, 0.2) is 0 Å². The number of aromatic nitrogens is 2. The molecule has 74 valence electrons. The van der Waals surface area contributed by atoms with Gasteiger partial charge in [-0.1, -0.05) is 6.07 Å². The Labute approximate surface area is 91.1 Å². The van der Waals surface area contributed by atoms with Gasteiger partial charge in [-0.2, -0.15) is 0 Å². The standard InChI is InChI=1S/C10H12BrN3/c1-6-3-4-8-13-9(7(2)12)10(11)14(8)5-6/h3-5,7H,12H2,1-2H3. The SMILES string of the molecule is Cc1ccc2nc(C(C)N)c(Br)n2c1. The largest absolute Gasteiger partial charge is 0.323 e. The molecule has 0 spiro atoms. The molecule has 2 heterocycles. The predicted octanol–water partition coefficient (Wildman–Crippen LogP) is 2.42. The smallest absolute Gasteiger partial charge is 0.138 e. The molecule has 1 atom stereocenters. The fraction of sp³-hybridized carbons (Fsp3) is 0.300. The van der Waals surface area contributed by atoms with Crippen molar-refractivity contribution in [2.45, 2.75) is 19.9 Å². The van der Waals surface area contributed by atoms with Crippen molar-refractivity contribution in [1.29, 1.82) is 0 Å². The molecule has 14 heavy (non-hydrogen) atoms. The summed E-state index contributed by atoms with van der Waals surface area (Å²) >= 11 is 3.51. The van der Waals surface area contributed by atoms with Gasteiger partial charge in [-0.25, -0.2) is 4.98 Å². The summed E-state index contributed by atoms with van der Waals surface area (Å²) in [5, 5.41) is 0. The van der Waals surface area contributed by atoms with E-state index in [1.165, 1.54) is 5.56 Å². The maximum atomic E-state index is 5.81. The lowest BCUT2D eigenvalue weighted by atomic mass is 10.3. The van der Waals surface area contributed by atoms with Crippen molar-refractivity contribution in [3.05, 3.63) is 34.2 Å². The summed E-state index contributed by atoms with van der Waals surface area (Å²) in [6.07, 6.45) is 2.04. The lowest BCUT2D eigenvalue weighted by Crippen LogP contribution is -2.05. The van der Waals surface area contributed by atoms with E-state index in [0.717, 1.165) is 15.9 Å². The Morgan fingerprint density at radius 2 is 2.21 bits per heavy atom. The number of rotatable bonds is 1. The predicted molar refractivity (Wildman–Crippen MR) is 60.2 cm³/mol. The Morgan fingerprint density at radius 1 is 1.50 bits per heavy atom. The summed E-state index contributed by atoms with van der Waals surface area (Å²) < 4.78 is 2.96. The summed E-state index contributed by atoms with van der Waals surface area (Å²) in [4.78, 5) is 4.44. The molecule has 0 aromatic carbocycles. The average Bonchev–Trinajstić information content (AvgIpc) is 2.44. The van der Waals surface area contributed by atoms with E-state index in [2.05, 4.69) is 27.8 Å². The zero-order valence-electron chi connectivity index (χ0n) is 8.16. The fourth-order valence-corrected chi connectivity index (χ4v) is 2.16. The third kappa shape index (κ3) is 1.44. The van der Waals surface area contributed by atoms with Crippen molar-refractivity contribution in [3.63, 3.8) is 0 Å². The van der Waals surface area contributed by atoms with Crippen LogP contribution in [0.5, 0.6) is 0 Å². The first kappa shape index (κ1) is 9.68. The third-order valence-electron chi connectivity index (χ3n) is 2.16. The molecule has 0 amide bonds. The number of hydrogen-bond donors (Lipinski definition) is 1. The van der Waals surface area contributed by atoms with Gasteiger partial charge in [-0.15, -0.1) is 0 Å².